The molecule has 0 saturated heterocycles. The molecule has 0 aliphatic carbocycles. The summed E-state index contributed by atoms with van der Waals surface area (Å²) >= 11 is 11.6. The Morgan fingerprint density at radius 2 is 1.77 bits per heavy atom. The van der Waals surface area contributed by atoms with Crippen LogP contribution in [0.5, 0.6) is 5.75 Å². The van der Waals surface area contributed by atoms with Crippen molar-refractivity contribution in [3.8, 4) is 17.9 Å². The topological polar surface area (TPSA) is 95.2 Å². The van der Waals surface area contributed by atoms with Crippen LogP contribution in [0, 0.1) is 22.7 Å². The molecule has 1 aromatic carbocycles. The summed E-state index contributed by atoms with van der Waals surface area (Å²) in [5.74, 6) is -0.604. The van der Waals surface area contributed by atoms with Gasteiger partial charge in [-0.15, -0.1) is 13.2 Å². The van der Waals surface area contributed by atoms with Gasteiger partial charge in [-0.05, 0) is 12.1 Å². The first-order valence-corrected chi connectivity index (χ1v) is 6.02. The monoisotopic (exact) mass is 348 g/mol. The lowest BCUT2D eigenvalue weighted by Crippen LogP contribution is -2.17. The summed E-state index contributed by atoms with van der Waals surface area (Å²) in [6.45, 7) is 0. The number of nitrogens with zero attached hydrogens (tertiary/aromatic N) is 3. The minimum Gasteiger partial charge on any atom is -0.406 e. The van der Waals surface area contributed by atoms with Crippen LogP contribution in [0.25, 0.3) is 0 Å². The van der Waals surface area contributed by atoms with Crippen LogP contribution in [0.4, 0.5) is 13.2 Å². The van der Waals surface area contributed by atoms with Crippen molar-refractivity contribution in [2.75, 3.05) is 0 Å². The molecule has 0 heterocycles. The number of halogens is 5. The van der Waals surface area contributed by atoms with Crippen molar-refractivity contribution in [3.63, 3.8) is 0 Å². The molecule has 0 aliphatic rings. The molecule has 0 fully saturated rings. The summed E-state index contributed by atoms with van der Waals surface area (Å²) in [6, 6.07) is 4.87. The average molecular weight is 349 g/mol. The summed E-state index contributed by atoms with van der Waals surface area (Å²) in [7, 11) is 0. The maximum atomic E-state index is 12.1. The van der Waals surface area contributed by atoms with E-state index in [0.717, 1.165) is 18.3 Å². The highest BCUT2D eigenvalue weighted by Gasteiger charge is 2.31. The van der Waals surface area contributed by atoms with Gasteiger partial charge in [-0.1, -0.05) is 23.2 Å². The lowest BCUT2D eigenvalue weighted by atomic mass is 10.2. The van der Waals surface area contributed by atoms with Gasteiger partial charge in [0.05, 0.1) is 10.0 Å². The number of alkyl halides is 3. The molecular weight excluding hydrogens is 344 g/mol. The van der Waals surface area contributed by atoms with Gasteiger partial charge in [-0.3, -0.25) is 0 Å². The zero-order valence-corrected chi connectivity index (χ0v) is 12.0. The van der Waals surface area contributed by atoms with Gasteiger partial charge < -0.3 is 10.5 Å². The van der Waals surface area contributed by atoms with Gasteiger partial charge in [0.1, 0.15) is 23.6 Å². The van der Waals surface area contributed by atoms with E-state index in [4.69, 9.17) is 39.5 Å². The zero-order chi connectivity index (χ0) is 16.9. The smallest absolute Gasteiger partial charge is 0.406 e. The van der Waals surface area contributed by atoms with Crippen molar-refractivity contribution in [1.82, 2.24) is 0 Å². The van der Waals surface area contributed by atoms with Gasteiger partial charge in [0.25, 0.3) is 0 Å². The molecule has 10 heteroatoms. The van der Waals surface area contributed by atoms with Gasteiger partial charge in [-0.25, -0.2) is 4.99 Å². The third-order valence-corrected chi connectivity index (χ3v) is 2.72. The summed E-state index contributed by atoms with van der Waals surface area (Å²) in [5, 5.41) is 16.9. The Labute approximate surface area is 132 Å². The Balaban J connectivity index is 3.19. The predicted molar refractivity (Wildman–Crippen MR) is 73.2 cm³/mol. The Hall–Kier alpha value is -2.42. The molecule has 0 aliphatic heterocycles. The number of nitrogens with two attached hydrogens (primary N) is 1. The number of nitriles is 2. The maximum Gasteiger partial charge on any atom is 0.573 e. The zero-order valence-electron chi connectivity index (χ0n) is 10.4. The Kier molecular flexibility index (Phi) is 5.63. The van der Waals surface area contributed by atoms with Gasteiger partial charge in [0.15, 0.2) is 5.70 Å². The van der Waals surface area contributed by atoms with Crippen molar-refractivity contribution in [1.29, 1.82) is 10.5 Å². The molecule has 22 heavy (non-hydrogen) atoms. The van der Waals surface area contributed by atoms with Crippen LogP contribution >= 0.6 is 23.2 Å². The molecule has 0 radical (unpaired) electrons. The molecule has 0 amide bonds. The van der Waals surface area contributed by atoms with Gasteiger partial charge in [0, 0.05) is 11.8 Å². The Bertz CT molecular complexity index is 706. The Morgan fingerprint density at radius 1 is 1.23 bits per heavy atom. The van der Waals surface area contributed by atoms with Crippen molar-refractivity contribution in [2.24, 2.45) is 10.7 Å². The minimum absolute atomic E-state index is 0.0383. The van der Waals surface area contributed by atoms with Crippen molar-refractivity contribution >= 4 is 29.4 Å². The molecule has 0 saturated carbocycles. The first-order valence-electron chi connectivity index (χ1n) is 5.26. The van der Waals surface area contributed by atoms with E-state index in [1.165, 1.54) is 6.07 Å². The third-order valence-electron chi connectivity index (χ3n) is 2.09. The first kappa shape index (κ1) is 17.6. The van der Waals surface area contributed by atoms with Crippen LogP contribution in [0.15, 0.2) is 28.5 Å². The van der Waals surface area contributed by atoms with Crippen LogP contribution in [-0.4, -0.2) is 12.6 Å². The van der Waals surface area contributed by atoms with E-state index in [1.54, 1.807) is 6.07 Å². The second-order valence-corrected chi connectivity index (χ2v) is 4.41. The molecule has 0 atom stereocenters. The molecule has 1 rings (SSSR count). The fourth-order valence-electron chi connectivity index (χ4n) is 1.22. The number of aliphatic imine (C=N–C) groups is 1. The van der Waals surface area contributed by atoms with E-state index in [-0.39, 0.29) is 21.3 Å². The number of rotatable bonds is 3. The minimum atomic E-state index is -4.89. The molecule has 0 aromatic heterocycles. The van der Waals surface area contributed by atoms with Crippen LogP contribution in [0.3, 0.4) is 0 Å². The van der Waals surface area contributed by atoms with Gasteiger partial charge in [-0.2, -0.15) is 10.5 Å². The van der Waals surface area contributed by atoms with Gasteiger partial charge >= 0.3 is 6.36 Å². The second-order valence-electron chi connectivity index (χ2n) is 3.59. The number of allylic oxidation sites excluding steroid dienone is 2. The number of hydrogen-bond acceptors (Lipinski definition) is 5. The largest absolute Gasteiger partial charge is 0.573 e. The van der Waals surface area contributed by atoms with E-state index in [0.29, 0.717) is 0 Å². The van der Waals surface area contributed by atoms with E-state index in [1.807, 2.05) is 0 Å². The molecule has 0 unspecified atom stereocenters. The molecule has 0 spiro atoms. The first-order chi connectivity index (χ1) is 10.2. The highest BCUT2D eigenvalue weighted by molar-refractivity contribution is 6.38. The molecular formula is C12H5Cl2F3N4O. The van der Waals surface area contributed by atoms with E-state index >= 15 is 0 Å². The highest BCUT2D eigenvalue weighted by atomic mass is 35.5. The summed E-state index contributed by atoms with van der Waals surface area (Å²) in [5.41, 5.74) is 4.46. The lowest BCUT2D eigenvalue weighted by Gasteiger charge is -2.10. The molecule has 1 aromatic rings. The van der Waals surface area contributed by atoms with E-state index in [2.05, 4.69) is 9.73 Å². The summed E-state index contributed by atoms with van der Waals surface area (Å²) < 4.78 is 40.0. The molecule has 0 bridgehead atoms. The second kappa shape index (κ2) is 7.03. The maximum absolute atomic E-state index is 12.1. The summed E-state index contributed by atoms with van der Waals surface area (Å²) in [6.07, 6.45) is -3.88. The van der Waals surface area contributed by atoms with Crippen LogP contribution in [0.2, 0.25) is 10.0 Å². The average Bonchev–Trinajstić information content (AvgIpc) is 2.39. The number of benzene rings is 1. The van der Waals surface area contributed by atoms with E-state index in [9.17, 15) is 13.2 Å². The predicted octanol–water partition coefficient (Wildman–Crippen LogP) is 3.53. The van der Waals surface area contributed by atoms with Crippen molar-refractivity contribution < 1.29 is 17.9 Å². The summed E-state index contributed by atoms with van der Waals surface area (Å²) in [4.78, 5) is 3.62. The Morgan fingerprint density at radius 3 is 2.18 bits per heavy atom. The van der Waals surface area contributed by atoms with Crippen LogP contribution < -0.4 is 10.5 Å². The van der Waals surface area contributed by atoms with Crippen molar-refractivity contribution in [2.45, 2.75) is 6.36 Å². The fourth-order valence-corrected chi connectivity index (χ4v) is 1.78. The third kappa shape index (κ3) is 4.85. The standard InChI is InChI=1S/C12H5Cl2F3N4O/c13-8-1-6(22-12(15,16)17)2-9(14)7(8)5-21-11(4-19)10(20)3-18/h1-2,5H,20H2/b11-10+,21-5+. The number of ether oxygens (including phenoxy) is 1. The van der Waals surface area contributed by atoms with E-state index < -0.39 is 17.8 Å². The quantitative estimate of drug-likeness (QED) is 0.667. The highest BCUT2D eigenvalue weighted by Crippen LogP contribution is 2.32. The normalized spacial score (nSPS) is 12.5. The van der Waals surface area contributed by atoms with Crippen LogP contribution in [-0.2, 0) is 0 Å². The van der Waals surface area contributed by atoms with Crippen molar-refractivity contribution in [3.05, 3.63) is 39.1 Å². The number of hydrogen-bond donors (Lipinski definition) is 1. The lowest BCUT2D eigenvalue weighted by molar-refractivity contribution is -0.274. The molecule has 114 valence electrons. The molecule has 5 nitrogen and oxygen atoms in total. The SMILES string of the molecule is N#C/C(N)=C(C#N)\N=C\c1c(Cl)cc(OC(F)(F)F)cc1Cl. The molecule has 2 N–H and O–H groups in total. The van der Waals surface area contributed by atoms with Gasteiger partial charge in [0.2, 0.25) is 0 Å². The fraction of sp³-hybridized carbons (Fsp3) is 0.0833. The van der Waals surface area contributed by atoms with Crippen LogP contribution in [0.1, 0.15) is 5.56 Å².